The first-order chi connectivity index (χ1) is 7.86. The second kappa shape index (κ2) is 8.08. The molecule has 0 heterocycles. The second-order valence-electron chi connectivity index (χ2n) is 4.01. The summed E-state index contributed by atoms with van der Waals surface area (Å²) in [4.78, 5) is 0. The molecule has 0 spiro atoms. The maximum Gasteiger partial charge on any atom is 0.00745 e. The highest BCUT2D eigenvalue weighted by molar-refractivity contribution is 5.16. The minimum atomic E-state index is 0.549. The van der Waals surface area contributed by atoms with Crippen molar-refractivity contribution in [3.63, 3.8) is 0 Å². The number of hydrogen-bond acceptors (Lipinski definition) is 2. The van der Waals surface area contributed by atoms with Crippen molar-refractivity contribution < 1.29 is 0 Å². The first-order valence-electron chi connectivity index (χ1n) is 5.94. The van der Waals surface area contributed by atoms with Gasteiger partial charge in [-0.05, 0) is 30.9 Å². The molecule has 0 aliphatic carbocycles. The molecule has 0 aliphatic rings. The van der Waals surface area contributed by atoms with Crippen molar-refractivity contribution in [1.29, 1.82) is 0 Å². The Morgan fingerprint density at radius 1 is 1.25 bits per heavy atom. The quantitative estimate of drug-likeness (QED) is 0.517. The van der Waals surface area contributed by atoms with Crippen LogP contribution >= 0.6 is 0 Å². The molecule has 0 amide bonds. The van der Waals surface area contributed by atoms with Gasteiger partial charge in [0.2, 0.25) is 0 Å². The van der Waals surface area contributed by atoms with Crippen LogP contribution in [-0.4, -0.2) is 19.6 Å². The van der Waals surface area contributed by atoms with E-state index < -0.39 is 0 Å². The van der Waals surface area contributed by atoms with Gasteiger partial charge in [0.25, 0.3) is 0 Å². The van der Waals surface area contributed by atoms with E-state index in [9.17, 15) is 0 Å². The Labute approximate surface area is 98.6 Å². The van der Waals surface area contributed by atoms with Crippen LogP contribution in [0.3, 0.4) is 0 Å². The molecule has 0 fully saturated rings. The summed E-state index contributed by atoms with van der Waals surface area (Å²) < 4.78 is 0. The molecule has 0 saturated heterocycles. The molecule has 0 bridgehead atoms. The first kappa shape index (κ1) is 12.9. The summed E-state index contributed by atoms with van der Waals surface area (Å²) in [5.74, 6) is 0.549. The third-order valence-corrected chi connectivity index (χ3v) is 2.69. The van der Waals surface area contributed by atoms with Gasteiger partial charge in [0.15, 0.2) is 0 Å². The molecule has 3 N–H and O–H groups in total. The van der Waals surface area contributed by atoms with Crippen molar-refractivity contribution in [2.24, 2.45) is 11.7 Å². The van der Waals surface area contributed by atoms with E-state index in [0.717, 1.165) is 25.9 Å². The normalized spacial score (nSPS) is 12.3. The summed E-state index contributed by atoms with van der Waals surface area (Å²) >= 11 is 0. The Balaban J connectivity index is 2.29. The Morgan fingerprint density at radius 2 is 2.00 bits per heavy atom. The molecule has 88 valence electrons. The van der Waals surface area contributed by atoms with Gasteiger partial charge in [-0.1, -0.05) is 36.4 Å². The molecule has 0 radical (unpaired) electrons. The van der Waals surface area contributed by atoms with Gasteiger partial charge in [-0.15, -0.1) is 6.58 Å². The predicted molar refractivity (Wildman–Crippen MR) is 70.4 cm³/mol. The maximum atomic E-state index is 5.42. The fraction of sp³-hybridized carbons (Fsp3) is 0.429. The molecule has 1 aromatic rings. The number of nitrogens with two attached hydrogens (primary N) is 1. The monoisotopic (exact) mass is 218 g/mol. The van der Waals surface area contributed by atoms with E-state index in [1.807, 2.05) is 0 Å². The van der Waals surface area contributed by atoms with Crippen molar-refractivity contribution >= 4 is 0 Å². The van der Waals surface area contributed by atoms with Crippen LogP contribution in [0.4, 0.5) is 0 Å². The molecule has 1 rings (SSSR count). The Morgan fingerprint density at radius 3 is 2.62 bits per heavy atom. The van der Waals surface area contributed by atoms with Gasteiger partial charge < -0.3 is 11.1 Å². The van der Waals surface area contributed by atoms with Crippen LogP contribution < -0.4 is 11.1 Å². The minimum absolute atomic E-state index is 0.549. The standard InChI is InChI=1S/C14H22N2/c1-2-13(8-10-16-11-9-15)12-14-6-4-3-5-7-14/h2-7,13,16H,1,8-12,15H2. The van der Waals surface area contributed by atoms with E-state index >= 15 is 0 Å². The van der Waals surface area contributed by atoms with Crippen LogP contribution in [0.1, 0.15) is 12.0 Å². The molecule has 0 saturated carbocycles. The highest BCUT2D eigenvalue weighted by atomic mass is 14.9. The third-order valence-electron chi connectivity index (χ3n) is 2.69. The van der Waals surface area contributed by atoms with Gasteiger partial charge in [0.1, 0.15) is 0 Å². The van der Waals surface area contributed by atoms with Crippen molar-refractivity contribution in [1.82, 2.24) is 5.32 Å². The summed E-state index contributed by atoms with van der Waals surface area (Å²) in [7, 11) is 0. The summed E-state index contributed by atoms with van der Waals surface area (Å²) in [6, 6.07) is 10.6. The zero-order valence-electron chi connectivity index (χ0n) is 9.86. The highest BCUT2D eigenvalue weighted by Crippen LogP contribution is 2.12. The van der Waals surface area contributed by atoms with E-state index in [2.05, 4.69) is 48.3 Å². The number of hydrogen-bond donors (Lipinski definition) is 2. The van der Waals surface area contributed by atoms with E-state index in [4.69, 9.17) is 5.73 Å². The third kappa shape index (κ3) is 5.10. The van der Waals surface area contributed by atoms with Crippen LogP contribution in [0.25, 0.3) is 0 Å². The van der Waals surface area contributed by atoms with E-state index in [1.54, 1.807) is 0 Å². The molecule has 1 unspecified atom stereocenters. The molecule has 0 aliphatic heterocycles. The Hall–Kier alpha value is -1.12. The van der Waals surface area contributed by atoms with E-state index in [-0.39, 0.29) is 0 Å². The lowest BCUT2D eigenvalue weighted by Crippen LogP contribution is -2.24. The highest BCUT2D eigenvalue weighted by Gasteiger charge is 2.04. The summed E-state index contributed by atoms with van der Waals surface area (Å²) in [6.07, 6.45) is 4.25. The number of benzene rings is 1. The SMILES string of the molecule is C=CC(CCNCCN)Cc1ccccc1. The molecule has 2 nitrogen and oxygen atoms in total. The van der Waals surface area contributed by atoms with Crippen LogP contribution in [0.2, 0.25) is 0 Å². The Bertz CT molecular complexity index is 282. The summed E-state index contributed by atoms with van der Waals surface area (Å²) in [5, 5.41) is 3.31. The lowest BCUT2D eigenvalue weighted by molar-refractivity contribution is 0.544. The van der Waals surface area contributed by atoms with Crippen LogP contribution in [-0.2, 0) is 6.42 Å². The van der Waals surface area contributed by atoms with Crippen LogP contribution in [0.5, 0.6) is 0 Å². The van der Waals surface area contributed by atoms with Crippen LogP contribution in [0.15, 0.2) is 43.0 Å². The molecular weight excluding hydrogens is 196 g/mol. The van der Waals surface area contributed by atoms with Gasteiger partial charge in [-0.2, -0.15) is 0 Å². The smallest absolute Gasteiger partial charge is 0.00745 e. The summed E-state index contributed by atoms with van der Waals surface area (Å²) in [6.45, 7) is 6.52. The van der Waals surface area contributed by atoms with Crippen LogP contribution in [0, 0.1) is 5.92 Å². The van der Waals surface area contributed by atoms with E-state index in [0.29, 0.717) is 12.5 Å². The maximum absolute atomic E-state index is 5.42. The molecule has 1 atom stereocenters. The first-order valence-corrected chi connectivity index (χ1v) is 5.94. The van der Waals surface area contributed by atoms with Gasteiger partial charge in [-0.3, -0.25) is 0 Å². The van der Waals surface area contributed by atoms with Crippen molar-refractivity contribution in [3.8, 4) is 0 Å². The lowest BCUT2D eigenvalue weighted by Gasteiger charge is -2.12. The van der Waals surface area contributed by atoms with Gasteiger partial charge in [-0.25, -0.2) is 0 Å². The fourth-order valence-corrected chi connectivity index (χ4v) is 1.73. The second-order valence-corrected chi connectivity index (χ2v) is 4.01. The van der Waals surface area contributed by atoms with Gasteiger partial charge >= 0.3 is 0 Å². The van der Waals surface area contributed by atoms with Gasteiger partial charge in [0, 0.05) is 13.1 Å². The zero-order chi connectivity index (χ0) is 11.6. The molecule has 0 aromatic heterocycles. The molecular formula is C14H22N2. The number of rotatable bonds is 8. The molecule has 16 heavy (non-hydrogen) atoms. The minimum Gasteiger partial charge on any atom is -0.329 e. The summed E-state index contributed by atoms with van der Waals surface area (Å²) in [5.41, 5.74) is 6.80. The molecule has 2 heteroatoms. The molecule has 1 aromatic carbocycles. The van der Waals surface area contributed by atoms with Crippen molar-refractivity contribution in [3.05, 3.63) is 48.6 Å². The lowest BCUT2D eigenvalue weighted by atomic mass is 9.96. The topological polar surface area (TPSA) is 38.0 Å². The fourth-order valence-electron chi connectivity index (χ4n) is 1.73. The number of allylic oxidation sites excluding steroid dienone is 1. The van der Waals surface area contributed by atoms with Crippen molar-refractivity contribution in [2.45, 2.75) is 12.8 Å². The largest absolute Gasteiger partial charge is 0.329 e. The number of nitrogens with one attached hydrogen (secondary N) is 1. The average Bonchev–Trinajstić information content (AvgIpc) is 2.34. The van der Waals surface area contributed by atoms with E-state index in [1.165, 1.54) is 5.56 Å². The average molecular weight is 218 g/mol. The Kier molecular flexibility index (Phi) is 6.54. The zero-order valence-corrected chi connectivity index (χ0v) is 9.86. The van der Waals surface area contributed by atoms with Crippen molar-refractivity contribution in [2.75, 3.05) is 19.6 Å². The predicted octanol–water partition coefficient (Wildman–Crippen LogP) is 1.97. The van der Waals surface area contributed by atoms with Gasteiger partial charge in [0.05, 0.1) is 0 Å².